The van der Waals surface area contributed by atoms with Crippen LogP contribution in [0.5, 0.6) is 0 Å². The van der Waals surface area contributed by atoms with Gasteiger partial charge in [-0.25, -0.2) is 0 Å². The van der Waals surface area contributed by atoms with E-state index in [0.717, 1.165) is 0 Å². The number of carbonyl (C=O) groups excluding carboxylic acids is 2. The maximum Gasteiger partial charge on any atom is 0.321 e. The standard InChI is InChI=1S/C6H5ClO3/c7-4(8)6-1-3(6)2-10-5(6)9/h3H,1-2H2. The van der Waals surface area contributed by atoms with Gasteiger partial charge in [-0.2, -0.15) is 0 Å². The molecule has 1 aliphatic carbocycles. The van der Waals surface area contributed by atoms with Crippen molar-refractivity contribution in [3.05, 3.63) is 0 Å². The Hall–Kier alpha value is -0.570. The fraction of sp³-hybridized carbons (Fsp3) is 0.667. The molecule has 0 aromatic heterocycles. The number of fused-ring (bicyclic) bond motifs is 1. The molecule has 3 nitrogen and oxygen atoms in total. The van der Waals surface area contributed by atoms with Gasteiger partial charge in [-0.1, -0.05) is 0 Å². The third-order valence-corrected chi connectivity index (χ3v) is 2.57. The minimum absolute atomic E-state index is 0.0741. The van der Waals surface area contributed by atoms with Gasteiger partial charge in [0.2, 0.25) is 5.24 Å². The van der Waals surface area contributed by atoms with Crippen LogP contribution in [0.4, 0.5) is 0 Å². The summed E-state index contributed by atoms with van der Waals surface area (Å²) in [6.07, 6.45) is 0.591. The molecule has 10 heavy (non-hydrogen) atoms. The van der Waals surface area contributed by atoms with E-state index in [9.17, 15) is 9.59 Å². The molecule has 2 fully saturated rings. The summed E-state index contributed by atoms with van der Waals surface area (Å²) in [6, 6.07) is 0. The molecule has 2 atom stereocenters. The minimum atomic E-state index is -0.915. The molecule has 0 radical (unpaired) electrons. The van der Waals surface area contributed by atoms with E-state index in [1.54, 1.807) is 0 Å². The second kappa shape index (κ2) is 1.53. The van der Waals surface area contributed by atoms with Crippen LogP contribution in [0.2, 0.25) is 0 Å². The fourth-order valence-electron chi connectivity index (χ4n) is 1.41. The Morgan fingerprint density at radius 3 is 2.70 bits per heavy atom. The Morgan fingerprint density at radius 2 is 2.50 bits per heavy atom. The van der Waals surface area contributed by atoms with Crippen molar-refractivity contribution >= 4 is 22.8 Å². The summed E-state index contributed by atoms with van der Waals surface area (Å²) in [5.41, 5.74) is -0.915. The Kier molecular flexibility index (Phi) is 0.944. The van der Waals surface area contributed by atoms with Gasteiger partial charge in [0, 0.05) is 5.92 Å². The third kappa shape index (κ3) is 0.475. The van der Waals surface area contributed by atoms with Crippen LogP contribution in [0, 0.1) is 11.3 Å². The predicted molar refractivity (Wildman–Crippen MR) is 32.4 cm³/mol. The van der Waals surface area contributed by atoms with Crippen LogP contribution >= 0.6 is 11.6 Å². The number of esters is 1. The first-order valence-corrected chi connectivity index (χ1v) is 3.43. The summed E-state index contributed by atoms with van der Waals surface area (Å²) in [4.78, 5) is 21.5. The van der Waals surface area contributed by atoms with Crippen molar-refractivity contribution in [1.82, 2.24) is 0 Å². The maximum atomic E-state index is 10.9. The Bertz CT molecular complexity index is 225. The SMILES string of the molecule is O=C(Cl)C12CC1COC2=O. The average Bonchev–Trinajstić information content (AvgIpc) is 2.52. The lowest BCUT2D eigenvalue weighted by Crippen LogP contribution is -2.20. The summed E-state index contributed by atoms with van der Waals surface area (Å²) < 4.78 is 4.64. The molecular formula is C6H5ClO3. The zero-order valence-electron chi connectivity index (χ0n) is 5.09. The van der Waals surface area contributed by atoms with E-state index < -0.39 is 16.6 Å². The van der Waals surface area contributed by atoms with Crippen molar-refractivity contribution in [3.63, 3.8) is 0 Å². The second-order valence-electron chi connectivity index (χ2n) is 2.74. The van der Waals surface area contributed by atoms with Crippen LogP contribution in [0.3, 0.4) is 0 Å². The van der Waals surface area contributed by atoms with E-state index in [1.807, 2.05) is 0 Å². The number of rotatable bonds is 1. The first-order valence-electron chi connectivity index (χ1n) is 3.05. The van der Waals surface area contributed by atoms with E-state index >= 15 is 0 Å². The Morgan fingerprint density at radius 1 is 1.80 bits per heavy atom. The van der Waals surface area contributed by atoms with Crippen molar-refractivity contribution < 1.29 is 14.3 Å². The van der Waals surface area contributed by atoms with Gasteiger partial charge in [0.15, 0.2) is 0 Å². The lowest BCUT2D eigenvalue weighted by Gasteiger charge is -1.99. The molecule has 1 saturated heterocycles. The lowest BCUT2D eigenvalue weighted by molar-refractivity contribution is -0.146. The number of hydrogen-bond donors (Lipinski definition) is 0. The zero-order valence-corrected chi connectivity index (χ0v) is 5.85. The Balaban J connectivity index is 2.33. The average molecular weight is 161 g/mol. The van der Waals surface area contributed by atoms with E-state index in [1.165, 1.54) is 0 Å². The molecule has 1 heterocycles. The molecule has 0 spiro atoms. The van der Waals surface area contributed by atoms with Gasteiger partial charge in [-0.05, 0) is 18.0 Å². The molecule has 0 aromatic rings. The van der Waals surface area contributed by atoms with E-state index in [4.69, 9.17) is 11.6 Å². The first-order chi connectivity index (χ1) is 4.68. The number of hydrogen-bond acceptors (Lipinski definition) is 3. The molecule has 1 aliphatic heterocycles. The second-order valence-corrected chi connectivity index (χ2v) is 3.09. The normalized spacial score (nSPS) is 42.5. The fourth-order valence-corrected chi connectivity index (χ4v) is 1.72. The van der Waals surface area contributed by atoms with Crippen molar-refractivity contribution in [3.8, 4) is 0 Å². The van der Waals surface area contributed by atoms with E-state index in [0.29, 0.717) is 13.0 Å². The summed E-state index contributed by atoms with van der Waals surface area (Å²) in [6.45, 7) is 0.372. The minimum Gasteiger partial charge on any atom is -0.465 e. The van der Waals surface area contributed by atoms with Crippen molar-refractivity contribution in [2.75, 3.05) is 6.61 Å². The van der Waals surface area contributed by atoms with Crippen LogP contribution in [-0.2, 0) is 14.3 Å². The van der Waals surface area contributed by atoms with Crippen molar-refractivity contribution in [1.29, 1.82) is 0 Å². The highest BCUT2D eigenvalue weighted by Crippen LogP contribution is 2.58. The third-order valence-electron chi connectivity index (χ3n) is 2.24. The molecule has 0 N–H and O–H groups in total. The molecule has 2 unspecified atom stereocenters. The maximum absolute atomic E-state index is 10.9. The van der Waals surface area contributed by atoms with Gasteiger partial charge >= 0.3 is 5.97 Å². The quantitative estimate of drug-likeness (QED) is 0.315. The number of cyclic esters (lactones) is 1. The number of halogens is 1. The summed E-state index contributed by atoms with van der Waals surface area (Å²) in [5.74, 6) is -0.359. The van der Waals surface area contributed by atoms with Crippen molar-refractivity contribution in [2.24, 2.45) is 11.3 Å². The summed E-state index contributed by atoms with van der Waals surface area (Å²) in [7, 11) is 0. The van der Waals surface area contributed by atoms with Gasteiger partial charge < -0.3 is 4.74 Å². The molecule has 4 heteroatoms. The van der Waals surface area contributed by atoms with Crippen LogP contribution in [0.25, 0.3) is 0 Å². The topological polar surface area (TPSA) is 43.4 Å². The van der Waals surface area contributed by atoms with E-state index in [-0.39, 0.29) is 5.92 Å². The molecule has 0 aromatic carbocycles. The van der Waals surface area contributed by atoms with E-state index in [2.05, 4.69) is 4.74 Å². The zero-order chi connectivity index (χ0) is 7.35. The van der Waals surface area contributed by atoms with Crippen LogP contribution in [-0.4, -0.2) is 17.8 Å². The molecule has 0 amide bonds. The van der Waals surface area contributed by atoms with Crippen LogP contribution in [0.1, 0.15) is 6.42 Å². The number of carbonyl (C=O) groups is 2. The first kappa shape index (κ1) is 6.16. The van der Waals surface area contributed by atoms with Crippen LogP contribution < -0.4 is 0 Å². The van der Waals surface area contributed by atoms with Gasteiger partial charge in [-0.3, -0.25) is 9.59 Å². The molecule has 2 rings (SSSR count). The highest BCUT2D eigenvalue weighted by molar-refractivity contribution is 6.67. The highest BCUT2D eigenvalue weighted by Gasteiger charge is 2.70. The Labute approximate surface area is 62.3 Å². The lowest BCUT2D eigenvalue weighted by atomic mass is 10.1. The van der Waals surface area contributed by atoms with Gasteiger partial charge in [-0.15, -0.1) is 0 Å². The molecule has 2 aliphatic rings. The molecule has 0 bridgehead atoms. The predicted octanol–water partition coefficient (Wildman–Crippen LogP) is 0.315. The van der Waals surface area contributed by atoms with Crippen LogP contribution in [0.15, 0.2) is 0 Å². The van der Waals surface area contributed by atoms with Gasteiger partial charge in [0.05, 0.1) is 6.61 Å². The van der Waals surface area contributed by atoms with Crippen molar-refractivity contribution in [2.45, 2.75) is 6.42 Å². The van der Waals surface area contributed by atoms with Gasteiger partial charge in [0.1, 0.15) is 5.41 Å². The number of ether oxygens (including phenoxy) is 1. The molecule has 54 valence electrons. The molecule has 1 saturated carbocycles. The highest BCUT2D eigenvalue weighted by atomic mass is 35.5. The molecular weight excluding hydrogens is 156 g/mol. The summed E-state index contributed by atoms with van der Waals surface area (Å²) >= 11 is 5.22. The van der Waals surface area contributed by atoms with Gasteiger partial charge in [0.25, 0.3) is 0 Å². The monoisotopic (exact) mass is 160 g/mol. The largest absolute Gasteiger partial charge is 0.465 e. The smallest absolute Gasteiger partial charge is 0.321 e. The summed E-state index contributed by atoms with van der Waals surface area (Å²) in [5, 5.41) is -0.556.